The lowest BCUT2D eigenvalue weighted by Crippen LogP contribution is -2.31. The first-order valence-electron chi connectivity index (χ1n) is 6.12. The molecule has 4 nitrogen and oxygen atoms in total. The zero-order valence-corrected chi connectivity index (χ0v) is 11.9. The predicted molar refractivity (Wildman–Crippen MR) is 78.1 cm³/mol. The summed E-state index contributed by atoms with van der Waals surface area (Å²) in [5.74, 6) is -0.431. The van der Waals surface area contributed by atoms with Gasteiger partial charge in [0.25, 0.3) is 5.56 Å². The van der Waals surface area contributed by atoms with Crippen LogP contribution >= 0.6 is 11.3 Å². The van der Waals surface area contributed by atoms with Crippen LogP contribution in [0.2, 0.25) is 0 Å². The van der Waals surface area contributed by atoms with Crippen LogP contribution in [0.3, 0.4) is 0 Å². The van der Waals surface area contributed by atoms with Gasteiger partial charge in [0.2, 0.25) is 0 Å². The molecule has 0 bridgehead atoms. The van der Waals surface area contributed by atoms with Gasteiger partial charge in [0, 0.05) is 12.1 Å². The van der Waals surface area contributed by atoms with E-state index >= 15 is 0 Å². The zero-order valence-electron chi connectivity index (χ0n) is 11.1. The molecule has 21 heavy (non-hydrogen) atoms. The molecule has 0 N–H and O–H groups in total. The van der Waals surface area contributed by atoms with E-state index in [0.29, 0.717) is 21.3 Å². The third-order valence-corrected chi connectivity index (χ3v) is 3.98. The number of benzene rings is 1. The smallest absolute Gasteiger partial charge is 0.269 e. The molecule has 0 radical (unpaired) electrons. The molecule has 0 unspecified atom stereocenters. The van der Waals surface area contributed by atoms with Gasteiger partial charge in [-0.15, -0.1) is 11.3 Å². The maximum Gasteiger partial charge on any atom is 0.269 e. The van der Waals surface area contributed by atoms with Crippen molar-refractivity contribution in [1.29, 1.82) is 10.5 Å². The summed E-state index contributed by atoms with van der Waals surface area (Å²) < 4.78 is 15.6. The van der Waals surface area contributed by atoms with Crippen LogP contribution in [0.5, 0.6) is 0 Å². The Morgan fingerprint density at radius 1 is 1.38 bits per heavy atom. The highest BCUT2D eigenvalue weighted by Crippen LogP contribution is 2.06. The number of hydrogen-bond acceptors (Lipinski definition) is 4. The molecule has 0 atom stereocenters. The highest BCUT2D eigenvalue weighted by molar-refractivity contribution is 7.07. The Balaban J connectivity index is 2.85. The van der Waals surface area contributed by atoms with Crippen LogP contribution in [0.25, 0.3) is 11.6 Å². The Bertz CT molecular complexity index is 925. The van der Waals surface area contributed by atoms with Crippen LogP contribution in [-0.4, -0.2) is 4.57 Å². The largest absolute Gasteiger partial charge is 0.298 e. The van der Waals surface area contributed by atoms with Crippen LogP contribution in [0.1, 0.15) is 12.5 Å². The second-order valence-corrected chi connectivity index (χ2v) is 5.12. The van der Waals surface area contributed by atoms with Crippen molar-refractivity contribution in [3.63, 3.8) is 0 Å². The summed E-state index contributed by atoms with van der Waals surface area (Å²) in [7, 11) is 0. The second kappa shape index (κ2) is 6.17. The van der Waals surface area contributed by atoms with Crippen LogP contribution in [0.4, 0.5) is 4.39 Å². The summed E-state index contributed by atoms with van der Waals surface area (Å²) in [6, 6.07) is 9.65. The Morgan fingerprint density at radius 2 is 2.05 bits per heavy atom. The van der Waals surface area contributed by atoms with Crippen LogP contribution in [0.15, 0.2) is 29.1 Å². The number of halogens is 1. The second-order valence-electron chi connectivity index (χ2n) is 4.09. The number of hydrogen-bond donors (Lipinski definition) is 0. The Hall–Kier alpha value is -2.70. The van der Waals surface area contributed by atoms with E-state index in [1.54, 1.807) is 37.3 Å². The molecular weight excluding hydrogens is 289 g/mol. The fraction of sp³-hybridized carbons (Fsp3) is 0.133. The van der Waals surface area contributed by atoms with Crippen molar-refractivity contribution in [2.24, 2.45) is 0 Å². The first-order chi connectivity index (χ1) is 10.1. The first kappa shape index (κ1) is 14.7. The standard InChI is InChI=1S/C15H10FN3OS/c1-2-19-14(20)13(21-15(19)11(8-17)9-18)7-10-5-3-4-6-12(10)16/h3-7H,2H2,1H3/b13-7-. The van der Waals surface area contributed by atoms with Crippen molar-refractivity contribution in [3.05, 3.63) is 55.2 Å². The average molecular weight is 299 g/mol. The van der Waals surface area contributed by atoms with Crippen molar-refractivity contribution in [1.82, 2.24) is 4.57 Å². The SMILES string of the molecule is CCn1c(=C(C#N)C#N)s/c(=C\c2ccccc2F)c1=O. The molecule has 0 fully saturated rings. The van der Waals surface area contributed by atoms with Crippen LogP contribution in [-0.2, 0) is 6.54 Å². The van der Waals surface area contributed by atoms with E-state index in [2.05, 4.69) is 0 Å². The minimum absolute atomic E-state index is 0.118. The first-order valence-corrected chi connectivity index (χ1v) is 6.94. The summed E-state index contributed by atoms with van der Waals surface area (Å²) >= 11 is 1.02. The fourth-order valence-electron chi connectivity index (χ4n) is 1.85. The number of thiazole rings is 1. The van der Waals surface area contributed by atoms with Gasteiger partial charge in [-0.25, -0.2) is 4.39 Å². The molecule has 0 saturated heterocycles. The lowest BCUT2D eigenvalue weighted by atomic mass is 10.2. The van der Waals surface area contributed by atoms with Crippen molar-refractivity contribution in [2.45, 2.75) is 13.5 Å². The third kappa shape index (κ3) is 2.76. The molecule has 0 aliphatic heterocycles. The van der Waals surface area contributed by atoms with Crippen molar-refractivity contribution in [2.75, 3.05) is 0 Å². The fourth-order valence-corrected chi connectivity index (χ4v) is 2.95. The van der Waals surface area contributed by atoms with Gasteiger partial charge in [-0.3, -0.25) is 9.36 Å². The zero-order chi connectivity index (χ0) is 15.4. The Kier molecular flexibility index (Phi) is 4.32. The molecule has 0 spiro atoms. The van der Waals surface area contributed by atoms with E-state index < -0.39 is 5.82 Å². The average Bonchev–Trinajstić information content (AvgIpc) is 2.79. The van der Waals surface area contributed by atoms with E-state index in [1.165, 1.54) is 16.7 Å². The number of rotatable bonds is 2. The van der Waals surface area contributed by atoms with E-state index in [9.17, 15) is 9.18 Å². The molecule has 0 aliphatic carbocycles. The molecule has 6 heteroatoms. The number of aromatic nitrogens is 1. The summed E-state index contributed by atoms with van der Waals surface area (Å²) in [5, 5.41) is 17.9. The molecule has 0 saturated carbocycles. The normalized spacial score (nSPS) is 11.0. The van der Waals surface area contributed by atoms with Gasteiger partial charge in [-0.2, -0.15) is 10.5 Å². The lowest BCUT2D eigenvalue weighted by Gasteiger charge is -1.94. The molecule has 2 rings (SSSR count). The van der Waals surface area contributed by atoms with E-state index in [1.807, 2.05) is 0 Å². The summed E-state index contributed by atoms with van der Waals surface area (Å²) in [6.45, 7) is 2.08. The number of nitrogens with zero attached hydrogens (tertiary/aromatic N) is 3. The minimum Gasteiger partial charge on any atom is -0.298 e. The van der Waals surface area contributed by atoms with Crippen molar-refractivity contribution < 1.29 is 4.39 Å². The molecule has 0 aliphatic rings. The summed E-state index contributed by atoms with van der Waals surface area (Å²) in [6.07, 6.45) is 1.43. The van der Waals surface area contributed by atoms with Gasteiger partial charge >= 0.3 is 0 Å². The van der Waals surface area contributed by atoms with Gasteiger partial charge in [0.15, 0.2) is 5.57 Å². The van der Waals surface area contributed by atoms with Gasteiger partial charge in [0.05, 0.1) is 4.53 Å². The molecule has 1 aromatic heterocycles. The van der Waals surface area contributed by atoms with Gasteiger partial charge in [0.1, 0.15) is 22.6 Å². The van der Waals surface area contributed by atoms with Gasteiger partial charge in [-0.1, -0.05) is 18.2 Å². The summed E-state index contributed by atoms with van der Waals surface area (Å²) in [5.41, 5.74) is -0.156. The van der Waals surface area contributed by atoms with Crippen molar-refractivity contribution in [3.8, 4) is 12.1 Å². The molecule has 0 amide bonds. The summed E-state index contributed by atoms with van der Waals surface area (Å²) in [4.78, 5) is 12.3. The monoisotopic (exact) mass is 299 g/mol. The molecule has 1 aromatic carbocycles. The van der Waals surface area contributed by atoms with E-state index in [4.69, 9.17) is 10.5 Å². The highest BCUT2D eigenvalue weighted by Gasteiger charge is 2.08. The Labute approximate surface area is 123 Å². The maximum atomic E-state index is 13.6. The molecule has 2 aromatic rings. The maximum absolute atomic E-state index is 13.6. The predicted octanol–water partition coefficient (Wildman–Crippen LogP) is 1.10. The topological polar surface area (TPSA) is 69.6 Å². The van der Waals surface area contributed by atoms with E-state index in [-0.39, 0.29) is 11.1 Å². The Morgan fingerprint density at radius 3 is 2.62 bits per heavy atom. The third-order valence-electron chi connectivity index (χ3n) is 2.85. The highest BCUT2D eigenvalue weighted by atomic mass is 32.1. The lowest BCUT2D eigenvalue weighted by molar-refractivity contribution is 0.625. The van der Waals surface area contributed by atoms with Crippen molar-refractivity contribution >= 4 is 23.0 Å². The van der Waals surface area contributed by atoms with Gasteiger partial charge < -0.3 is 0 Å². The van der Waals surface area contributed by atoms with Crippen LogP contribution < -0.4 is 14.8 Å². The van der Waals surface area contributed by atoms with Crippen LogP contribution in [0, 0.1) is 28.5 Å². The molecule has 104 valence electrons. The minimum atomic E-state index is -0.431. The van der Waals surface area contributed by atoms with Gasteiger partial charge in [-0.05, 0) is 19.1 Å². The number of nitriles is 2. The molecular formula is C15H10FN3OS. The quantitative estimate of drug-likeness (QED) is 0.833. The van der Waals surface area contributed by atoms with E-state index in [0.717, 1.165) is 11.3 Å². The molecule has 1 heterocycles.